The van der Waals surface area contributed by atoms with Crippen molar-refractivity contribution in [3.63, 3.8) is 0 Å². The summed E-state index contributed by atoms with van der Waals surface area (Å²) >= 11 is 0. The van der Waals surface area contributed by atoms with Crippen LogP contribution in [0.3, 0.4) is 0 Å². The van der Waals surface area contributed by atoms with Crippen molar-refractivity contribution < 1.29 is 18.0 Å². The number of anilines is 1. The highest BCUT2D eigenvalue weighted by Crippen LogP contribution is 2.39. The zero-order valence-corrected chi connectivity index (χ0v) is 17.4. The summed E-state index contributed by atoms with van der Waals surface area (Å²) in [6.07, 6.45) is 0.123. The fraction of sp³-hybridized carbons (Fsp3) is 0.417. The third kappa shape index (κ3) is 4.37. The topological polar surface area (TPSA) is 70.2 Å². The lowest BCUT2D eigenvalue weighted by Gasteiger charge is -2.36. The Morgan fingerprint density at radius 1 is 1.10 bits per heavy atom. The van der Waals surface area contributed by atoms with Crippen LogP contribution in [0.25, 0.3) is 11.1 Å². The fourth-order valence-electron chi connectivity index (χ4n) is 5.03. The number of benzene rings is 2. The average molecular weight is 429 g/mol. The van der Waals surface area contributed by atoms with Gasteiger partial charge < -0.3 is 10.6 Å². The Hall–Kier alpha value is -2.67. The second-order valence-corrected chi connectivity index (χ2v) is 8.77. The zero-order valence-electron chi connectivity index (χ0n) is 17.4. The van der Waals surface area contributed by atoms with Gasteiger partial charge in [-0.15, -0.1) is 0 Å². The van der Waals surface area contributed by atoms with E-state index in [9.17, 15) is 18.0 Å². The van der Waals surface area contributed by atoms with Crippen molar-refractivity contribution >= 4 is 17.2 Å². The number of piperidine rings is 1. The van der Waals surface area contributed by atoms with E-state index in [4.69, 9.17) is 11.1 Å². The van der Waals surface area contributed by atoms with Crippen LogP contribution >= 0.6 is 0 Å². The molecule has 2 heterocycles. The Kier molecular flexibility index (Phi) is 5.64. The van der Waals surface area contributed by atoms with Gasteiger partial charge >= 0.3 is 6.18 Å². The molecule has 2 aliphatic heterocycles. The minimum Gasteiger partial charge on any atom is -0.398 e. The largest absolute Gasteiger partial charge is 0.416 e. The van der Waals surface area contributed by atoms with Crippen LogP contribution in [0.5, 0.6) is 0 Å². The number of carbonyl (C=O) groups excluding carboxylic acids is 1. The van der Waals surface area contributed by atoms with Crippen molar-refractivity contribution in [2.75, 3.05) is 12.8 Å². The van der Waals surface area contributed by atoms with Crippen LogP contribution in [0.4, 0.5) is 18.9 Å². The number of Topliss-reactive ketones (excluding diaryl/α,β-unsaturated/α-hetero) is 1. The van der Waals surface area contributed by atoms with Gasteiger partial charge in [-0.05, 0) is 74.0 Å². The van der Waals surface area contributed by atoms with Gasteiger partial charge in [0.2, 0.25) is 0 Å². The van der Waals surface area contributed by atoms with Crippen molar-refractivity contribution in [3.8, 4) is 11.1 Å². The van der Waals surface area contributed by atoms with E-state index in [0.29, 0.717) is 29.6 Å². The quantitative estimate of drug-likeness (QED) is 0.510. The number of nitrogens with one attached hydrogen (secondary N) is 1. The fourth-order valence-corrected chi connectivity index (χ4v) is 5.03. The Balaban J connectivity index is 1.53. The van der Waals surface area contributed by atoms with E-state index < -0.39 is 11.7 Å². The number of hydrogen-bond donors (Lipinski definition) is 2. The molecule has 0 radical (unpaired) electrons. The maximum Gasteiger partial charge on any atom is 0.416 e. The third-order valence-corrected chi connectivity index (χ3v) is 6.79. The smallest absolute Gasteiger partial charge is 0.398 e. The molecule has 0 aromatic heterocycles. The van der Waals surface area contributed by atoms with Crippen LogP contribution in [-0.4, -0.2) is 35.5 Å². The number of nitrogens with zero attached hydrogens (tertiary/aromatic N) is 1. The molecule has 4 nitrogen and oxygen atoms in total. The molecule has 0 amide bonds. The normalized spacial score (nSPS) is 23.7. The van der Waals surface area contributed by atoms with Crippen molar-refractivity contribution in [3.05, 3.63) is 53.6 Å². The summed E-state index contributed by atoms with van der Waals surface area (Å²) in [7, 11) is 2.14. The van der Waals surface area contributed by atoms with Crippen LogP contribution in [0.15, 0.2) is 42.5 Å². The van der Waals surface area contributed by atoms with E-state index >= 15 is 0 Å². The molecule has 7 heteroatoms. The number of fused-ring (bicyclic) bond motifs is 2. The second-order valence-electron chi connectivity index (χ2n) is 8.77. The van der Waals surface area contributed by atoms with Crippen LogP contribution in [0, 0.1) is 11.3 Å². The van der Waals surface area contributed by atoms with Gasteiger partial charge in [0.15, 0.2) is 5.78 Å². The summed E-state index contributed by atoms with van der Waals surface area (Å²) in [5, 5.41) is 8.43. The lowest BCUT2D eigenvalue weighted by atomic mass is 9.85. The summed E-state index contributed by atoms with van der Waals surface area (Å²) in [5.74, 6) is -0.00345. The SMILES string of the molecule is CN1C2CCC1CC(CC(=O)C(=N)c1cc(-c3cccc(C(F)(F)F)c3)ccc1N)C2. The minimum atomic E-state index is -4.44. The van der Waals surface area contributed by atoms with E-state index in [1.165, 1.54) is 6.07 Å². The van der Waals surface area contributed by atoms with E-state index in [-0.39, 0.29) is 28.7 Å². The number of halogens is 3. The Bertz CT molecular complexity index is 1000. The number of alkyl halides is 3. The molecule has 0 spiro atoms. The average Bonchev–Trinajstić information content (AvgIpc) is 2.94. The van der Waals surface area contributed by atoms with Crippen molar-refractivity contribution in [2.45, 2.75) is 50.4 Å². The van der Waals surface area contributed by atoms with E-state index in [2.05, 4.69) is 11.9 Å². The van der Waals surface area contributed by atoms with Crippen molar-refractivity contribution in [2.24, 2.45) is 5.92 Å². The first-order valence-corrected chi connectivity index (χ1v) is 10.5. The second kappa shape index (κ2) is 8.11. The van der Waals surface area contributed by atoms with Crippen molar-refractivity contribution in [1.82, 2.24) is 4.90 Å². The Morgan fingerprint density at radius 2 is 1.74 bits per heavy atom. The number of carbonyl (C=O) groups is 1. The Morgan fingerprint density at radius 3 is 2.39 bits per heavy atom. The maximum absolute atomic E-state index is 13.1. The predicted octanol–water partition coefficient (Wildman–Crippen LogP) is 5.15. The zero-order chi connectivity index (χ0) is 22.3. The summed E-state index contributed by atoms with van der Waals surface area (Å²) < 4.78 is 39.2. The van der Waals surface area contributed by atoms with E-state index in [1.54, 1.807) is 24.3 Å². The molecular weight excluding hydrogens is 403 g/mol. The molecule has 31 heavy (non-hydrogen) atoms. The lowest BCUT2D eigenvalue weighted by molar-refractivity contribution is -0.137. The summed E-state index contributed by atoms with van der Waals surface area (Å²) in [5.41, 5.74) is 6.52. The molecule has 0 aliphatic carbocycles. The maximum atomic E-state index is 13.1. The molecule has 2 aliphatic rings. The first-order valence-electron chi connectivity index (χ1n) is 10.5. The number of rotatable bonds is 5. The third-order valence-electron chi connectivity index (χ3n) is 6.79. The summed E-state index contributed by atoms with van der Waals surface area (Å²) in [4.78, 5) is 15.3. The predicted molar refractivity (Wildman–Crippen MR) is 115 cm³/mol. The first kappa shape index (κ1) is 21.6. The number of nitrogens with two attached hydrogens (primary N) is 1. The van der Waals surface area contributed by atoms with Crippen LogP contribution in [0.1, 0.15) is 43.2 Å². The molecule has 2 fully saturated rings. The van der Waals surface area contributed by atoms with E-state index in [1.807, 2.05) is 0 Å². The highest BCUT2D eigenvalue weighted by molar-refractivity contribution is 6.46. The number of nitrogen functional groups attached to an aromatic ring is 1. The van der Waals surface area contributed by atoms with Gasteiger partial charge in [-0.2, -0.15) is 13.2 Å². The van der Waals surface area contributed by atoms with Crippen molar-refractivity contribution in [1.29, 1.82) is 5.41 Å². The van der Waals surface area contributed by atoms with Gasteiger partial charge in [-0.1, -0.05) is 18.2 Å². The van der Waals surface area contributed by atoms with Gasteiger partial charge in [0, 0.05) is 29.8 Å². The van der Waals surface area contributed by atoms with Gasteiger partial charge in [0.25, 0.3) is 0 Å². The van der Waals surface area contributed by atoms with Crippen LogP contribution in [0.2, 0.25) is 0 Å². The van der Waals surface area contributed by atoms with Gasteiger partial charge in [-0.3, -0.25) is 10.2 Å². The highest BCUT2D eigenvalue weighted by atomic mass is 19.4. The molecule has 164 valence electrons. The molecule has 3 N–H and O–H groups in total. The Labute approximate surface area is 179 Å². The molecule has 2 aromatic rings. The molecule has 4 rings (SSSR count). The molecule has 0 saturated carbocycles. The monoisotopic (exact) mass is 429 g/mol. The standard InChI is InChI=1S/C24H26F3N3O/c1-30-18-6-7-19(30)10-14(9-18)11-22(31)23(29)20-13-16(5-8-21(20)28)15-3-2-4-17(12-15)24(25,26)27/h2-5,8,12-14,18-19,29H,6-7,9-11,28H2,1H3. The van der Waals surface area contributed by atoms with Crippen LogP contribution in [-0.2, 0) is 11.0 Å². The highest BCUT2D eigenvalue weighted by Gasteiger charge is 2.39. The summed E-state index contributed by atoms with van der Waals surface area (Å²) in [6, 6.07) is 10.7. The summed E-state index contributed by atoms with van der Waals surface area (Å²) in [6.45, 7) is 0. The number of ketones is 1. The molecule has 2 unspecified atom stereocenters. The van der Waals surface area contributed by atoms with Gasteiger partial charge in [0.1, 0.15) is 5.71 Å². The molecule has 2 atom stereocenters. The lowest BCUT2D eigenvalue weighted by Crippen LogP contribution is -2.40. The minimum absolute atomic E-state index is 0.169. The van der Waals surface area contributed by atoms with Crippen LogP contribution < -0.4 is 5.73 Å². The first-order chi connectivity index (χ1) is 14.6. The van der Waals surface area contributed by atoms with Gasteiger partial charge in [-0.25, -0.2) is 0 Å². The molecule has 2 bridgehead atoms. The van der Waals surface area contributed by atoms with E-state index in [0.717, 1.165) is 37.8 Å². The molecule has 2 aromatic carbocycles. The molecular formula is C24H26F3N3O. The van der Waals surface area contributed by atoms with Gasteiger partial charge in [0.05, 0.1) is 5.56 Å². The number of hydrogen-bond acceptors (Lipinski definition) is 4. The molecule has 2 saturated heterocycles.